The first-order valence-corrected chi connectivity index (χ1v) is 9.61. The summed E-state index contributed by atoms with van der Waals surface area (Å²) in [6.45, 7) is 2.01. The van der Waals surface area contributed by atoms with E-state index in [-0.39, 0.29) is 11.3 Å². The first-order valence-electron chi connectivity index (χ1n) is 8.79. The van der Waals surface area contributed by atoms with Gasteiger partial charge >= 0.3 is 0 Å². The van der Waals surface area contributed by atoms with E-state index in [0.29, 0.717) is 16.1 Å². The van der Waals surface area contributed by atoms with Crippen LogP contribution in [-0.4, -0.2) is 38.6 Å². The molecule has 0 unspecified atom stereocenters. The Hall–Kier alpha value is -2.48. The Morgan fingerprint density at radius 1 is 1.15 bits per heavy atom. The summed E-state index contributed by atoms with van der Waals surface area (Å²) >= 11 is 1.34. The van der Waals surface area contributed by atoms with E-state index in [1.807, 2.05) is 0 Å². The Balaban J connectivity index is 1.45. The Morgan fingerprint density at radius 2 is 1.96 bits per heavy atom. The Morgan fingerprint density at radius 3 is 2.65 bits per heavy atom. The lowest BCUT2D eigenvalue weighted by molar-refractivity contribution is 0.472. The molecule has 8 heteroatoms. The molecule has 134 valence electrons. The fraction of sp³-hybridized carbons (Fsp3) is 0.389. The average Bonchev–Trinajstić information content (AvgIpc) is 3.37. The summed E-state index contributed by atoms with van der Waals surface area (Å²) in [6.07, 6.45) is 7.14. The SMILES string of the molecule is Oc1cc(-c2cn[nH]c2)cc(F)c1-c1nnc(N2C[C@H]3CCC[C@H]3C2)s1. The van der Waals surface area contributed by atoms with E-state index in [2.05, 4.69) is 25.3 Å². The number of rotatable bonds is 3. The lowest BCUT2D eigenvalue weighted by atomic mass is 10.0. The van der Waals surface area contributed by atoms with Crippen molar-refractivity contribution in [1.82, 2.24) is 20.4 Å². The summed E-state index contributed by atoms with van der Waals surface area (Å²) < 4.78 is 14.7. The number of hydrogen-bond donors (Lipinski definition) is 2. The normalized spacial score (nSPS) is 22.1. The molecule has 2 aliphatic rings. The van der Waals surface area contributed by atoms with E-state index in [1.54, 1.807) is 12.4 Å². The van der Waals surface area contributed by atoms with Crippen molar-refractivity contribution in [3.63, 3.8) is 0 Å². The maximum atomic E-state index is 14.7. The average molecular weight is 371 g/mol. The van der Waals surface area contributed by atoms with Gasteiger partial charge in [0.2, 0.25) is 5.13 Å². The molecule has 0 radical (unpaired) electrons. The Labute approximate surface area is 153 Å². The number of aromatic hydroxyl groups is 1. The van der Waals surface area contributed by atoms with Crippen LogP contribution in [-0.2, 0) is 0 Å². The van der Waals surface area contributed by atoms with Crippen molar-refractivity contribution < 1.29 is 9.50 Å². The number of H-pyrrole nitrogens is 1. The predicted molar refractivity (Wildman–Crippen MR) is 97.6 cm³/mol. The highest BCUT2D eigenvalue weighted by Gasteiger charge is 2.37. The molecule has 2 aromatic heterocycles. The fourth-order valence-corrected chi connectivity index (χ4v) is 5.13. The first kappa shape index (κ1) is 15.7. The predicted octanol–water partition coefficient (Wildman–Crippen LogP) is 3.68. The van der Waals surface area contributed by atoms with Gasteiger partial charge in [0.15, 0.2) is 5.01 Å². The van der Waals surface area contributed by atoms with Crippen LogP contribution in [0.1, 0.15) is 19.3 Å². The van der Waals surface area contributed by atoms with Crippen LogP contribution in [0.4, 0.5) is 9.52 Å². The minimum atomic E-state index is -0.512. The van der Waals surface area contributed by atoms with Gasteiger partial charge in [-0.3, -0.25) is 5.10 Å². The number of aromatic nitrogens is 4. The summed E-state index contributed by atoms with van der Waals surface area (Å²) in [7, 11) is 0. The maximum absolute atomic E-state index is 14.7. The third-order valence-corrected chi connectivity index (χ3v) is 6.53. The first-order chi connectivity index (χ1) is 12.7. The number of nitrogens with one attached hydrogen (secondary N) is 1. The number of benzene rings is 1. The van der Waals surface area contributed by atoms with Crippen LogP contribution in [0, 0.1) is 17.7 Å². The molecule has 0 bridgehead atoms. The van der Waals surface area contributed by atoms with Gasteiger partial charge in [-0.05, 0) is 42.4 Å². The highest BCUT2D eigenvalue weighted by atomic mass is 32.1. The minimum absolute atomic E-state index is 0.111. The van der Waals surface area contributed by atoms with Crippen LogP contribution in [0.25, 0.3) is 21.7 Å². The maximum Gasteiger partial charge on any atom is 0.208 e. The van der Waals surface area contributed by atoms with Crippen molar-refractivity contribution in [3.05, 3.63) is 30.3 Å². The van der Waals surface area contributed by atoms with Gasteiger partial charge in [0.05, 0.1) is 11.8 Å². The number of phenolic OH excluding ortho intramolecular Hbond substituents is 1. The summed E-state index contributed by atoms with van der Waals surface area (Å²) in [4.78, 5) is 2.25. The van der Waals surface area contributed by atoms with Gasteiger partial charge in [-0.2, -0.15) is 5.10 Å². The number of nitrogens with zero attached hydrogens (tertiary/aromatic N) is 4. The summed E-state index contributed by atoms with van der Waals surface area (Å²) in [6, 6.07) is 2.92. The summed E-state index contributed by atoms with van der Waals surface area (Å²) in [5.41, 5.74) is 1.39. The van der Waals surface area contributed by atoms with Gasteiger partial charge in [0.1, 0.15) is 11.6 Å². The van der Waals surface area contributed by atoms with Crippen LogP contribution >= 0.6 is 11.3 Å². The Kier molecular flexibility index (Phi) is 3.66. The van der Waals surface area contributed by atoms with E-state index in [9.17, 15) is 9.50 Å². The highest BCUT2D eigenvalue weighted by Crippen LogP contribution is 2.43. The molecule has 3 aromatic rings. The van der Waals surface area contributed by atoms with Crippen molar-refractivity contribution in [1.29, 1.82) is 0 Å². The number of fused-ring (bicyclic) bond motifs is 1. The van der Waals surface area contributed by atoms with E-state index in [4.69, 9.17) is 0 Å². The molecule has 1 saturated carbocycles. The molecular formula is C18H18FN5OS. The monoisotopic (exact) mass is 371 g/mol. The molecule has 2 atom stereocenters. The number of aromatic amines is 1. The van der Waals surface area contributed by atoms with Crippen LogP contribution in [0.15, 0.2) is 24.5 Å². The molecule has 1 aliphatic carbocycles. The van der Waals surface area contributed by atoms with E-state index in [0.717, 1.165) is 30.1 Å². The molecule has 6 nitrogen and oxygen atoms in total. The molecule has 0 amide bonds. The van der Waals surface area contributed by atoms with Gasteiger partial charge in [-0.1, -0.05) is 17.8 Å². The zero-order chi connectivity index (χ0) is 17.7. The van der Waals surface area contributed by atoms with Gasteiger partial charge < -0.3 is 10.0 Å². The van der Waals surface area contributed by atoms with Crippen LogP contribution in [0.5, 0.6) is 5.75 Å². The van der Waals surface area contributed by atoms with E-state index >= 15 is 0 Å². The number of halogens is 1. The topological polar surface area (TPSA) is 77.9 Å². The van der Waals surface area contributed by atoms with Crippen molar-refractivity contribution in [3.8, 4) is 27.4 Å². The molecule has 2 fully saturated rings. The lowest BCUT2D eigenvalue weighted by Crippen LogP contribution is -2.20. The standard InChI is InChI=1S/C18H18FN5OS/c19-14-4-12(13-6-20-21-7-13)5-15(25)16(14)17-22-23-18(26-17)24-8-10-2-1-3-11(10)9-24/h4-7,10-11,25H,1-3,8-9H2,(H,20,21)/t10-,11+. The van der Waals surface area contributed by atoms with Crippen LogP contribution in [0.2, 0.25) is 0 Å². The highest BCUT2D eigenvalue weighted by molar-refractivity contribution is 7.18. The molecule has 26 heavy (non-hydrogen) atoms. The third kappa shape index (κ3) is 2.56. The zero-order valence-electron chi connectivity index (χ0n) is 14.0. The number of hydrogen-bond acceptors (Lipinski definition) is 6. The van der Waals surface area contributed by atoms with Crippen molar-refractivity contribution >= 4 is 16.5 Å². The second-order valence-electron chi connectivity index (χ2n) is 7.09. The molecule has 1 saturated heterocycles. The third-order valence-electron chi connectivity index (χ3n) is 5.53. The summed E-state index contributed by atoms with van der Waals surface area (Å²) in [5.74, 6) is 0.854. The van der Waals surface area contributed by atoms with Gasteiger partial charge in [-0.15, -0.1) is 10.2 Å². The van der Waals surface area contributed by atoms with Crippen LogP contribution in [0.3, 0.4) is 0 Å². The molecule has 2 N–H and O–H groups in total. The van der Waals surface area contributed by atoms with Gasteiger partial charge in [0.25, 0.3) is 0 Å². The van der Waals surface area contributed by atoms with Crippen molar-refractivity contribution in [2.45, 2.75) is 19.3 Å². The zero-order valence-corrected chi connectivity index (χ0v) is 14.8. The van der Waals surface area contributed by atoms with Crippen LogP contribution < -0.4 is 4.90 Å². The largest absolute Gasteiger partial charge is 0.507 e. The molecule has 0 spiro atoms. The second-order valence-corrected chi connectivity index (χ2v) is 8.04. The second kappa shape index (κ2) is 6.05. The Bertz CT molecular complexity index is 906. The summed E-state index contributed by atoms with van der Waals surface area (Å²) in [5, 5.41) is 26.6. The van der Waals surface area contributed by atoms with E-state index in [1.165, 1.54) is 42.7 Å². The molecule has 5 rings (SSSR count). The minimum Gasteiger partial charge on any atom is -0.507 e. The number of anilines is 1. The molecule has 1 aromatic carbocycles. The molecule has 1 aliphatic heterocycles. The smallest absolute Gasteiger partial charge is 0.208 e. The van der Waals surface area contributed by atoms with Crippen molar-refractivity contribution in [2.24, 2.45) is 11.8 Å². The molecule has 3 heterocycles. The quantitative estimate of drug-likeness (QED) is 0.734. The molecular weight excluding hydrogens is 353 g/mol. The fourth-order valence-electron chi connectivity index (χ4n) is 4.21. The van der Waals surface area contributed by atoms with Gasteiger partial charge in [0, 0.05) is 24.8 Å². The number of phenols is 1. The van der Waals surface area contributed by atoms with E-state index < -0.39 is 5.82 Å². The van der Waals surface area contributed by atoms with Crippen molar-refractivity contribution in [2.75, 3.05) is 18.0 Å². The van der Waals surface area contributed by atoms with Gasteiger partial charge in [-0.25, -0.2) is 4.39 Å². The lowest BCUT2D eigenvalue weighted by Gasteiger charge is -2.14.